The Bertz CT molecular complexity index is 1250. The minimum absolute atomic E-state index is 0.133. The zero-order chi connectivity index (χ0) is 21.4. The molecule has 1 aliphatic rings. The van der Waals surface area contributed by atoms with E-state index in [9.17, 15) is 4.79 Å². The largest absolute Gasteiger partial charge is 0.461 e. The van der Waals surface area contributed by atoms with Crippen molar-refractivity contribution < 1.29 is 9.21 Å². The fourth-order valence-electron chi connectivity index (χ4n) is 4.43. The summed E-state index contributed by atoms with van der Waals surface area (Å²) in [7, 11) is 0. The van der Waals surface area contributed by atoms with Gasteiger partial charge in [0.25, 0.3) is 5.91 Å². The highest BCUT2D eigenvalue weighted by atomic mass is 16.3. The third-order valence-electron chi connectivity index (χ3n) is 6.01. The van der Waals surface area contributed by atoms with E-state index in [-0.39, 0.29) is 5.91 Å². The Morgan fingerprint density at radius 3 is 2.90 bits per heavy atom. The number of fused-ring (bicyclic) bond motifs is 4. The maximum absolute atomic E-state index is 13.0. The molecule has 1 unspecified atom stereocenters. The quantitative estimate of drug-likeness (QED) is 0.464. The molecule has 0 saturated carbocycles. The van der Waals surface area contributed by atoms with E-state index in [1.165, 1.54) is 5.56 Å². The van der Waals surface area contributed by atoms with E-state index in [2.05, 4.69) is 29.5 Å². The molecule has 158 valence electrons. The normalized spacial score (nSPS) is 16.0. The second-order valence-corrected chi connectivity index (χ2v) is 8.79. The first-order chi connectivity index (χ1) is 15.1. The van der Waals surface area contributed by atoms with Gasteiger partial charge in [0.2, 0.25) is 0 Å². The van der Waals surface area contributed by atoms with Crippen molar-refractivity contribution in [3.63, 3.8) is 0 Å². The number of para-hydroxylation sites is 1. The number of carbonyl (C=O) groups is 1. The van der Waals surface area contributed by atoms with Crippen LogP contribution in [-0.4, -0.2) is 23.5 Å². The van der Waals surface area contributed by atoms with Crippen molar-refractivity contribution in [2.75, 3.05) is 11.9 Å². The van der Waals surface area contributed by atoms with Gasteiger partial charge in [0.15, 0.2) is 0 Å². The lowest BCUT2D eigenvalue weighted by molar-refractivity contribution is 0.102. The monoisotopic (exact) mass is 413 g/mol. The average Bonchev–Trinajstić information content (AvgIpc) is 3.14. The molecular formula is C26H27N3O2. The predicted octanol–water partition coefficient (Wildman–Crippen LogP) is 5.34. The lowest BCUT2D eigenvalue weighted by Gasteiger charge is -2.23. The number of nitrogens with zero attached hydrogens (tertiary/aromatic N) is 1. The van der Waals surface area contributed by atoms with Gasteiger partial charge in [0.05, 0.1) is 11.1 Å². The summed E-state index contributed by atoms with van der Waals surface area (Å²) in [4.78, 5) is 17.4. The van der Waals surface area contributed by atoms with Crippen LogP contribution in [0.2, 0.25) is 0 Å². The van der Waals surface area contributed by atoms with Crippen LogP contribution in [0.4, 0.5) is 5.69 Å². The number of hydrogen-bond acceptors (Lipinski definition) is 4. The maximum atomic E-state index is 13.0. The van der Waals surface area contributed by atoms with Crippen LogP contribution in [0.5, 0.6) is 0 Å². The summed E-state index contributed by atoms with van der Waals surface area (Å²) in [6.45, 7) is 5.49. The predicted molar refractivity (Wildman–Crippen MR) is 125 cm³/mol. The third-order valence-corrected chi connectivity index (χ3v) is 6.01. The zero-order valence-corrected chi connectivity index (χ0v) is 17.9. The summed E-state index contributed by atoms with van der Waals surface area (Å²) < 4.78 is 6.12. The molecule has 2 aromatic heterocycles. The van der Waals surface area contributed by atoms with E-state index in [1.54, 1.807) is 12.3 Å². The van der Waals surface area contributed by atoms with Crippen molar-refractivity contribution in [1.29, 1.82) is 0 Å². The Kier molecular flexibility index (Phi) is 5.20. The van der Waals surface area contributed by atoms with Gasteiger partial charge in [0.1, 0.15) is 11.3 Å². The standard InChI is InChI=1S/C26H27N3O2/c1-16(2)15-28-17-7-9-24-21(13-17)22-14-18(8-10-25(22)31-24)29-26(30)20-11-12-27-23-6-4-3-5-19(20)23/h3-6,8,10-12,14,16-17,28H,7,9,13,15H2,1-2H3,(H,29,30). The molecule has 0 aliphatic heterocycles. The molecule has 0 radical (unpaired) electrons. The highest BCUT2D eigenvalue weighted by molar-refractivity contribution is 6.12. The topological polar surface area (TPSA) is 67.2 Å². The van der Waals surface area contributed by atoms with Gasteiger partial charge < -0.3 is 15.1 Å². The molecule has 1 atom stereocenters. The molecule has 5 nitrogen and oxygen atoms in total. The minimum atomic E-state index is -0.133. The number of aromatic nitrogens is 1. The van der Waals surface area contributed by atoms with Crippen molar-refractivity contribution in [3.05, 3.63) is 71.6 Å². The number of aryl methyl sites for hydroxylation is 1. The van der Waals surface area contributed by atoms with Gasteiger partial charge in [0, 0.05) is 40.7 Å². The molecule has 1 amide bonds. The fraction of sp³-hybridized carbons (Fsp3) is 0.308. The van der Waals surface area contributed by atoms with Crippen LogP contribution in [0, 0.1) is 5.92 Å². The molecule has 4 aromatic rings. The van der Waals surface area contributed by atoms with Crippen molar-refractivity contribution >= 4 is 33.5 Å². The first-order valence-corrected chi connectivity index (χ1v) is 11.0. The molecule has 2 aromatic carbocycles. The number of pyridine rings is 1. The number of amides is 1. The molecule has 2 N–H and O–H groups in total. The zero-order valence-electron chi connectivity index (χ0n) is 17.9. The summed E-state index contributed by atoms with van der Waals surface area (Å²) in [6.07, 6.45) is 4.68. The van der Waals surface area contributed by atoms with E-state index in [0.29, 0.717) is 17.5 Å². The van der Waals surface area contributed by atoms with Gasteiger partial charge in [-0.1, -0.05) is 32.0 Å². The van der Waals surface area contributed by atoms with Crippen LogP contribution in [0.1, 0.15) is 41.9 Å². The fourth-order valence-corrected chi connectivity index (χ4v) is 4.43. The number of carbonyl (C=O) groups excluding carboxylic acids is 1. The highest BCUT2D eigenvalue weighted by Crippen LogP contribution is 2.34. The molecule has 0 saturated heterocycles. The van der Waals surface area contributed by atoms with Gasteiger partial charge in [-0.05, 0) is 55.6 Å². The number of hydrogen-bond donors (Lipinski definition) is 2. The molecule has 0 spiro atoms. The molecule has 0 bridgehead atoms. The molecule has 1 aliphatic carbocycles. The summed E-state index contributed by atoms with van der Waals surface area (Å²) in [6, 6.07) is 15.8. The van der Waals surface area contributed by atoms with Crippen molar-refractivity contribution in [2.24, 2.45) is 5.92 Å². The Morgan fingerprint density at radius 1 is 1.16 bits per heavy atom. The van der Waals surface area contributed by atoms with Crippen LogP contribution in [-0.2, 0) is 12.8 Å². The molecule has 31 heavy (non-hydrogen) atoms. The van der Waals surface area contributed by atoms with Crippen LogP contribution in [0.25, 0.3) is 21.9 Å². The van der Waals surface area contributed by atoms with Crippen LogP contribution in [0.3, 0.4) is 0 Å². The Morgan fingerprint density at radius 2 is 2.03 bits per heavy atom. The molecule has 2 heterocycles. The summed E-state index contributed by atoms with van der Waals surface area (Å²) >= 11 is 0. The van der Waals surface area contributed by atoms with Gasteiger partial charge in [-0.2, -0.15) is 0 Å². The highest BCUT2D eigenvalue weighted by Gasteiger charge is 2.24. The van der Waals surface area contributed by atoms with Gasteiger partial charge in [-0.15, -0.1) is 0 Å². The Hall–Kier alpha value is -3.18. The maximum Gasteiger partial charge on any atom is 0.256 e. The van der Waals surface area contributed by atoms with Gasteiger partial charge >= 0.3 is 0 Å². The van der Waals surface area contributed by atoms with Gasteiger partial charge in [-0.25, -0.2) is 0 Å². The lowest BCUT2D eigenvalue weighted by atomic mass is 9.91. The molecular weight excluding hydrogens is 386 g/mol. The van der Waals surface area contributed by atoms with E-state index >= 15 is 0 Å². The van der Waals surface area contributed by atoms with Crippen LogP contribution < -0.4 is 10.6 Å². The number of rotatable bonds is 5. The number of anilines is 1. The first kappa shape index (κ1) is 19.8. The minimum Gasteiger partial charge on any atom is -0.461 e. The van der Waals surface area contributed by atoms with Gasteiger partial charge in [-0.3, -0.25) is 9.78 Å². The van der Waals surface area contributed by atoms with Crippen molar-refractivity contribution in [1.82, 2.24) is 10.3 Å². The molecule has 0 fully saturated rings. The Labute approximate surface area is 181 Å². The second-order valence-electron chi connectivity index (χ2n) is 8.79. The summed E-state index contributed by atoms with van der Waals surface area (Å²) in [5, 5.41) is 8.70. The Balaban J connectivity index is 1.41. The summed E-state index contributed by atoms with van der Waals surface area (Å²) in [5.74, 6) is 1.58. The molecule has 5 heteroatoms. The smallest absolute Gasteiger partial charge is 0.256 e. The van der Waals surface area contributed by atoms with Crippen molar-refractivity contribution in [3.8, 4) is 0 Å². The average molecular weight is 414 g/mol. The number of furan rings is 1. The van der Waals surface area contributed by atoms with Crippen LogP contribution >= 0.6 is 0 Å². The van der Waals surface area contributed by atoms with Crippen LogP contribution in [0.15, 0.2) is 59.1 Å². The summed E-state index contributed by atoms with van der Waals surface area (Å²) in [5.41, 5.74) is 4.38. The van der Waals surface area contributed by atoms with E-state index in [0.717, 1.165) is 59.1 Å². The molecule has 5 rings (SSSR count). The lowest BCUT2D eigenvalue weighted by Crippen LogP contribution is -2.36. The third kappa shape index (κ3) is 3.93. The number of nitrogens with one attached hydrogen (secondary N) is 2. The second kappa shape index (κ2) is 8.16. The van der Waals surface area contributed by atoms with E-state index in [4.69, 9.17) is 4.42 Å². The van der Waals surface area contributed by atoms with E-state index < -0.39 is 0 Å². The number of benzene rings is 2. The van der Waals surface area contributed by atoms with E-state index in [1.807, 2.05) is 42.5 Å². The van der Waals surface area contributed by atoms with Crippen molar-refractivity contribution in [2.45, 2.75) is 39.2 Å². The first-order valence-electron chi connectivity index (χ1n) is 11.0. The SMILES string of the molecule is CC(C)CNC1CCc2oc3ccc(NC(=O)c4ccnc5ccccc45)cc3c2C1.